The highest BCUT2D eigenvalue weighted by Gasteiger charge is 1.99. The molecule has 2 N–H and O–H groups in total. The normalized spacial score (nSPS) is 10.4. The smallest absolute Gasteiger partial charge is 0.128 e. The van der Waals surface area contributed by atoms with E-state index in [0.29, 0.717) is 16.8 Å². The van der Waals surface area contributed by atoms with Gasteiger partial charge in [0.1, 0.15) is 11.5 Å². The minimum absolute atomic E-state index is 0.00280. The largest absolute Gasteiger partial charge is 0.508 e. The SMILES string of the molecule is N#Cc1ccc(N=Cc2ccc(O)cc2O)cc1. The monoisotopic (exact) mass is 238 g/mol. The van der Waals surface area contributed by atoms with E-state index < -0.39 is 0 Å². The van der Waals surface area contributed by atoms with Crippen molar-refractivity contribution >= 4 is 11.9 Å². The van der Waals surface area contributed by atoms with Crippen molar-refractivity contribution in [2.75, 3.05) is 0 Å². The Kier molecular flexibility index (Phi) is 3.26. The van der Waals surface area contributed by atoms with Gasteiger partial charge in [-0.05, 0) is 36.4 Å². The van der Waals surface area contributed by atoms with E-state index in [2.05, 4.69) is 4.99 Å². The molecule has 0 spiro atoms. The van der Waals surface area contributed by atoms with Crippen LogP contribution in [0.1, 0.15) is 11.1 Å². The van der Waals surface area contributed by atoms with Crippen molar-refractivity contribution in [1.29, 1.82) is 5.26 Å². The van der Waals surface area contributed by atoms with Gasteiger partial charge in [0.2, 0.25) is 0 Å². The molecule has 4 heteroatoms. The molecule has 88 valence electrons. The predicted octanol–water partition coefficient (Wildman–Crippen LogP) is 2.72. The lowest BCUT2D eigenvalue weighted by atomic mass is 10.2. The molecule has 0 radical (unpaired) electrons. The van der Waals surface area contributed by atoms with E-state index in [9.17, 15) is 5.11 Å². The van der Waals surface area contributed by atoms with Gasteiger partial charge in [-0.3, -0.25) is 4.99 Å². The molecule has 0 unspecified atom stereocenters. The van der Waals surface area contributed by atoms with Crippen molar-refractivity contribution in [2.24, 2.45) is 4.99 Å². The number of hydrogen-bond donors (Lipinski definition) is 2. The number of phenolic OH excluding ortho intramolecular Hbond substituents is 2. The second-order valence-electron chi connectivity index (χ2n) is 3.66. The number of benzene rings is 2. The van der Waals surface area contributed by atoms with Gasteiger partial charge in [-0.15, -0.1) is 0 Å². The molecule has 0 saturated carbocycles. The molecule has 0 aromatic heterocycles. The summed E-state index contributed by atoms with van der Waals surface area (Å²) in [6.07, 6.45) is 1.50. The molecule has 0 amide bonds. The molecule has 4 nitrogen and oxygen atoms in total. The van der Waals surface area contributed by atoms with Gasteiger partial charge in [-0.1, -0.05) is 0 Å². The van der Waals surface area contributed by atoms with Gasteiger partial charge in [0.05, 0.1) is 17.3 Å². The molecule has 2 aromatic rings. The minimum Gasteiger partial charge on any atom is -0.508 e. The van der Waals surface area contributed by atoms with Crippen molar-refractivity contribution in [3.05, 3.63) is 53.6 Å². The first-order valence-corrected chi connectivity index (χ1v) is 5.25. The molecular weight excluding hydrogens is 228 g/mol. The Hall–Kier alpha value is -2.80. The minimum atomic E-state index is -0.0348. The zero-order valence-electron chi connectivity index (χ0n) is 9.41. The molecule has 2 aromatic carbocycles. The molecule has 0 saturated heterocycles. The summed E-state index contributed by atoms with van der Waals surface area (Å²) in [6.45, 7) is 0. The van der Waals surface area contributed by atoms with E-state index in [1.54, 1.807) is 30.3 Å². The molecule has 2 rings (SSSR count). The second-order valence-corrected chi connectivity index (χ2v) is 3.66. The number of rotatable bonds is 2. The average molecular weight is 238 g/mol. The Morgan fingerprint density at radius 1 is 1.06 bits per heavy atom. The van der Waals surface area contributed by atoms with E-state index in [1.807, 2.05) is 6.07 Å². The predicted molar refractivity (Wildman–Crippen MR) is 68.2 cm³/mol. The van der Waals surface area contributed by atoms with Gasteiger partial charge in [0.15, 0.2) is 0 Å². The van der Waals surface area contributed by atoms with Crippen molar-refractivity contribution in [3.8, 4) is 17.6 Å². The maximum atomic E-state index is 9.56. The van der Waals surface area contributed by atoms with Crippen LogP contribution in [0, 0.1) is 11.3 Å². The summed E-state index contributed by atoms with van der Waals surface area (Å²) < 4.78 is 0. The highest BCUT2D eigenvalue weighted by atomic mass is 16.3. The zero-order chi connectivity index (χ0) is 13.0. The van der Waals surface area contributed by atoms with Crippen LogP contribution < -0.4 is 0 Å². The van der Waals surface area contributed by atoms with Crippen LogP contribution in [0.5, 0.6) is 11.5 Å². The Morgan fingerprint density at radius 2 is 1.78 bits per heavy atom. The van der Waals surface area contributed by atoms with Crippen molar-refractivity contribution in [2.45, 2.75) is 0 Å². The van der Waals surface area contributed by atoms with Gasteiger partial charge < -0.3 is 10.2 Å². The molecule has 0 heterocycles. The average Bonchev–Trinajstić information content (AvgIpc) is 2.38. The van der Waals surface area contributed by atoms with Crippen LogP contribution >= 0.6 is 0 Å². The van der Waals surface area contributed by atoms with E-state index in [4.69, 9.17) is 10.4 Å². The van der Waals surface area contributed by atoms with Crippen LogP contribution in [-0.4, -0.2) is 16.4 Å². The Labute approximate surface area is 104 Å². The summed E-state index contributed by atoms with van der Waals surface area (Å²) in [5, 5.41) is 27.4. The Bertz CT molecular complexity index is 625. The Balaban J connectivity index is 2.22. The third kappa shape index (κ3) is 2.66. The summed E-state index contributed by atoms with van der Waals surface area (Å²) in [4.78, 5) is 4.17. The third-order valence-electron chi connectivity index (χ3n) is 2.36. The first-order valence-electron chi connectivity index (χ1n) is 5.25. The fourth-order valence-electron chi connectivity index (χ4n) is 1.41. The second kappa shape index (κ2) is 5.02. The van der Waals surface area contributed by atoms with E-state index in [1.165, 1.54) is 18.3 Å². The van der Waals surface area contributed by atoms with Crippen LogP contribution in [0.25, 0.3) is 0 Å². The summed E-state index contributed by atoms with van der Waals surface area (Å²) in [6, 6.07) is 13.1. The van der Waals surface area contributed by atoms with Crippen molar-refractivity contribution < 1.29 is 10.2 Å². The lowest BCUT2D eigenvalue weighted by Gasteiger charge is -1.99. The first-order chi connectivity index (χ1) is 8.69. The number of nitriles is 1. The lowest BCUT2D eigenvalue weighted by Crippen LogP contribution is -1.81. The van der Waals surface area contributed by atoms with Crippen LogP contribution in [0.4, 0.5) is 5.69 Å². The maximum absolute atomic E-state index is 9.56. The molecule has 18 heavy (non-hydrogen) atoms. The molecule has 0 aliphatic rings. The van der Waals surface area contributed by atoms with E-state index >= 15 is 0 Å². The van der Waals surface area contributed by atoms with Crippen LogP contribution in [0.2, 0.25) is 0 Å². The maximum Gasteiger partial charge on any atom is 0.128 e. The topological polar surface area (TPSA) is 76.6 Å². The molecule has 0 atom stereocenters. The molecule has 0 aliphatic heterocycles. The first kappa shape index (κ1) is 11.7. The highest BCUT2D eigenvalue weighted by Crippen LogP contribution is 2.22. The van der Waals surface area contributed by atoms with Crippen LogP contribution in [0.15, 0.2) is 47.5 Å². The fourth-order valence-corrected chi connectivity index (χ4v) is 1.41. The van der Waals surface area contributed by atoms with Gasteiger partial charge in [-0.2, -0.15) is 5.26 Å². The number of aromatic hydroxyl groups is 2. The zero-order valence-corrected chi connectivity index (χ0v) is 9.41. The number of phenols is 2. The number of hydrogen-bond acceptors (Lipinski definition) is 4. The molecular formula is C14H10N2O2. The van der Waals surface area contributed by atoms with Gasteiger partial charge in [0, 0.05) is 17.8 Å². The van der Waals surface area contributed by atoms with Crippen LogP contribution in [-0.2, 0) is 0 Å². The quantitative estimate of drug-likeness (QED) is 0.790. The molecule has 0 bridgehead atoms. The van der Waals surface area contributed by atoms with Gasteiger partial charge >= 0.3 is 0 Å². The van der Waals surface area contributed by atoms with Gasteiger partial charge in [-0.25, -0.2) is 0 Å². The van der Waals surface area contributed by atoms with Crippen LogP contribution in [0.3, 0.4) is 0 Å². The summed E-state index contributed by atoms with van der Waals surface area (Å²) in [5.41, 5.74) is 1.76. The standard InChI is InChI=1S/C14H10N2O2/c15-8-10-1-4-12(5-2-10)16-9-11-3-6-13(17)7-14(11)18/h1-7,9,17-18H. The fraction of sp³-hybridized carbons (Fsp3) is 0. The van der Waals surface area contributed by atoms with E-state index in [-0.39, 0.29) is 11.5 Å². The summed E-state index contributed by atoms with van der Waals surface area (Å²) in [7, 11) is 0. The summed E-state index contributed by atoms with van der Waals surface area (Å²) >= 11 is 0. The Morgan fingerprint density at radius 3 is 2.39 bits per heavy atom. The molecule has 0 fully saturated rings. The van der Waals surface area contributed by atoms with E-state index in [0.717, 1.165) is 0 Å². The van der Waals surface area contributed by atoms with Gasteiger partial charge in [0.25, 0.3) is 0 Å². The molecule has 0 aliphatic carbocycles. The highest BCUT2D eigenvalue weighted by molar-refractivity contribution is 5.85. The van der Waals surface area contributed by atoms with Crippen molar-refractivity contribution in [1.82, 2.24) is 0 Å². The van der Waals surface area contributed by atoms with Crippen molar-refractivity contribution in [3.63, 3.8) is 0 Å². The number of aliphatic imine (C=N–C) groups is 1. The number of nitrogens with zero attached hydrogens (tertiary/aromatic N) is 2. The summed E-state index contributed by atoms with van der Waals surface area (Å²) in [5.74, 6) is -0.0320. The third-order valence-corrected chi connectivity index (χ3v) is 2.36. The lowest BCUT2D eigenvalue weighted by molar-refractivity contribution is 0.450.